The van der Waals surface area contributed by atoms with Gasteiger partial charge in [-0.25, -0.2) is 4.98 Å². The van der Waals surface area contributed by atoms with Gasteiger partial charge in [0.25, 0.3) is 0 Å². The lowest BCUT2D eigenvalue weighted by atomic mass is 10.3. The van der Waals surface area contributed by atoms with E-state index in [1.165, 1.54) is 11.3 Å². The SMILES string of the molecule is Cc1[c]sc(COc2ccc(Cl)cc2)n1. The molecule has 0 atom stereocenters. The van der Waals surface area contributed by atoms with Crippen LogP contribution in [0, 0.1) is 12.3 Å². The van der Waals surface area contributed by atoms with E-state index in [0.29, 0.717) is 11.6 Å². The Balaban J connectivity index is 1.96. The van der Waals surface area contributed by atoms with Crippen LogP contribution in [0.1, 0.15) is 10.7 Å². The van der Waals surface area contributed by atoms with Gasteiger partial charge < -0.3 is 4.74 Å². The van der Waals surface area contributed by atoms with Crippen molar-refractivity contribution in [1.29, 1.82) is 0 Å². The molecule has 0 unspecified atom stereocenters. The van der Waals surface area contributed by atoms with Crippen molar-refractivity contribution in [2.24, 2.45) is 0 Å². The lowest BCUT2D eigenvalue weighted by Gasteiger charge is -2.03. The quantitative estimate of drug-likeness (QED) is 0.817. The van der Waals surface area contributed by atoms with E-state index in [1.807, 2.05) is 19.1 Å². The van der Waals surface area contributed by atoms with Crippen LogP contribution >= 0.6 is 22.9 Å². The normalized spacial score (nSPS) is 10.3. The van der Waals surface area contributed by atoms with Gasteiger partial charge in [-0.1, -0.05) is 11.6 Å². The van der Waals surface area contributed by atoms with Crippen LogP contribution in [0.25, 0.3) is 0 Å². The molecule has 1 radical (unpaired) electrons. The first-order valence-electron chi connectivity index (χ1n) is 4.46. The molecule has 1 aromatic heterocycles. The number of nitrogens with zero attached hydrogens (tertiary/aromatic N) is 1. The molecule has 0 fully saturated rings. The van der Waals surface area contributed by atoms with Gasteiger partial charge in [0, 0.05) is 5.02 Å². The summed E-state index contributed by atoms with van der Waals surface area (Å²) in [6, 6.07) is 7.28. The molecule has 0 saturated carbocycles. The fourth-order valence-electron chi connectivity index (χ4n) is 1.10. The van der Waals surface area contributed by atoms with E-state index in [4.69, 9.17) is 16.3 Å². The third kappa shape index (κ3) is 2.94. The van der Waals surface area contributed by atoms with Gasteiger partial charge in [-0.15, -0.1) is 11.3 Å². The number of benzene rings is 1. The van der Waals surface area contributed by atoms with Gasteiger partial charge in [-0.05, 0) is 31.2 Å². The maximum Gasteiger partial charge on any atom is 0.140 e. The summed E-state index contributed by atoms with van der Waals surface area (Å²) in [4.78, 5) is 4.26. The zero-order valence-electron chi connectivity index (χ0n) is 8.16. The monoisotopic (exact) mass is 238 g/mol. The Morgan fingerprint density at radius 3 is 2.73 bits per heavy atom. The molecule has 0 bridgehead atoms. The van der Waals surface area contributed by atoms with E-state index < -0.39 is 0 Å². The molecular weight excluding hydrogens is 230 g/mol. The van der Waals surface area contributed by atoms with Crippen molar-refractivity contribution in [2.45, 2.75) is 13.5 Å². The predicted molar refractivity (Wildman–Crippen MR) is 61.5 cm³/mol. The molecule has 2 aromatic rings. The zero-order valence-corrected chi connectivity index (χ0v) is 9.73. The Morgan fingerprint density at radius 2 is 2.13 bits per heavy atom. The lowest BCUT2D eigenvalue weighted by Crippen LogP contribution is -1.94. The largest absolute Gasteiger partial charge is 0.486 e. The number of hydrogen-bond donors (Lipinski definition) is 0. The van der Waals surface area contributed by atoms with Crippen molar-refractivity contribution in [3.63, 3.8) is 0 Å². The highest BCUT2D eigenvalue weighted by Gasteiger charge is 2.00. The van der Waals surface area contributed by atoms with Crippen LogP contribution in [0.5, 0.6) is 5.75 Å². The van der Waals surface area contributed by atoms with Gasteiger partial charge >= 0.3 is 0 Å². The highest BCUT2D eigenvalue weighted by Crippen LogP contribution is 2.17. The zero-order chi connectivity index (χ0) is 10.7. The standard InChI is InChI=1S/C11H9ClNOS/c1-8-7-15-11(13-8)6-14-10-4-2-9(12)3-5-10/h2-5H,6H2,1H3. The van der Waals surface area contributed by atoms with Crippen molar-refractivity contribution in [3.05, 3.63) is 45.4 Å². The summed E-state index contributed by atoms with van der Waals surface area (Å²) in [6.45, 7) is 2.40. The van der Waals surface area contributed by atoms with Gasteiger partial charge in [0.15, 0.2) is 0 Å². The number of hydrogen-bond acceptors (Lipinski definition) is 3. The first-order chi connectivity index (χ1) is 7.24. The average Bonchev–Trinajstić information content (AvgIpc) is 2.64. The molecule has 15 heavy (non-hydrogen) atoms. The highest BCUT2D eigenvalue weighted by atomic mass is 35.5. The fraction of sp³-hybridized carbons (Fsp3) is 0.182. The second-order valence-corrected chi connectivity index (χ2v) is 4.35. The Labute approximate surface area is 97.5 Å². The third-order valence-electron chi connectivity index (χ3n) is 1.78. The minimum atomic E-state index is 0.483. The molecule has 0 aliphatic heterocycles. The molecular formula is C11H9ClNOS. The van der Waals surface area contributed by atoms with Crippen molar-refractivity contribution >= 4 is 22.9 Å². The van der Waals surface area contributed by atoms with Crippen LogP contribution in [-0.4, -0.2) is 4.98 Å². The molecule has 77 valence electrons. The number of ether oxygens (including phenoxy) is 1. The summed E-state index contributed by atoms with van der Waals surface area (Å²) in [5.74, 6) is 0.798. The maximum absolute atomic E-state index is 5.76. The Morgan fingerprint density at radius 1 is 1.40 bits per heavy atom. The number of thiazole rings is 1. The number of aryl methyl sites for hydroxylation is 1. The highest BCUT2D eigenvalue weighted by molar-refractivity contribution is 7.09. The molecule has 2 nitrogen and oxygen atoms in total. The summed E-state index contributed by atoms with van der Waals surface area (Å²) < 4.78 is 5.53. The molecule has 0 aliphatic rings. The molecule has 1 aromatic carbocycles. The summed E-state index contributed by atoms with van der Waals surface area (Å²) in [7, 11) is 0. The first-order valence-corrected chi connectivity index (χ1v) is 5.66. The summed E-state index contributed by atoms with van der Waals surface area (Å²) in [5.41, 5.74) is 0.912. The van der Waals surface area contributed by atoms with Crippen molar-refractivity contribution in [3.8, 4) is 5.75 Å². The van der Waals surface area contributed by atoms with Gasteiger partial charge in [0.2, 0.25) is 0 Å². The molecule has 0 aliphatic carbocycles. The van der Waals surface area contributed by atoms with E-state index in [-0.39, 0.29) is 0 Å². The second kappa shape index (κ2) is 4.64. The van der Waals surface area contributed by atoms with Crippen molar-refractivity contribution < 1.29 is 4.74 Å². The molecule has 0 spiro atoms. The summed E-state index contributed by atoms with van der Waals surface area (Å²) in [5, 5.41) is 4.69. The Hall–Kier alpha value is -1.06. The second-order valence-electron chi connectivity index (χ2n) is 3.04. The van der Waals surface area contributed by atoms with Gasteiger partial charge in [0.1, 0.15) is 17.4 Å². The number of halogens is 1. The Kier molecular flexibility index (Phi) is 3.23. The molecule has 0 N–H and O–H groups in total. The van der Waals surface area contributed by atoms with Crippen LogP contribution in [0.15, 0.2) is 24.3 Å². The van der Waals surface area contributed by atoms with Crippen LogP contribution < -0.4 is 4.74 Å². The van der Waals surface area contributed by atoms with Crippen LogP contribution in [0.2, 0.25) is 5.02 Å². The van der Waals surface area contributed by atoms with Crippen molar-refractivity contribution in [2.75, 3.05) is 0 Å². The van der Waals surface area contributed by atoms with E-state index in [1.54, 1.807) is 12.1 Å². The number of aromatic nitrogens is 1. The van der Waals surface area contributed by atoms with Gasteiger partial charge in [-0.3, -0.25) is 0 Å². The minimum Gasteiger partial charge on any atom is -0.486 e. The van der Waals surface area contributed by atoms with Gasteiger partial charge in [-0.2, -0.15) is 0 Å². The molecule has 1 heterocycles. The molecule has 0 amide bonds. The predicted octanol–water partition coefficient (Wildman–Crippen LogP) is 3.48. The number of rotatable bonds is 3. The van der Waals surface area contributed by atoms with Crippen LogP contribution in [0.3, 0.4) is 0 Å². The third-order valence-corrected chi connectivity index (χ3v) is 2.88. The summed E-state index contributed by atoms with van der Waals surface area (Å²) >= 11 is 7.25. The Bertz CT molecular complexity index is 438. The van der Waals surface area contributed by atoms with Gasteiger partial charge in [0.05, 0.1) is 11.1 Å². The maximum atomic E-state index is 5.76. The summed E-state index contributed by atoms with van der Waals surface area (Å²) in [6.07, 6.45) is 0. The van der Waals surface area contributed by atoms with E-state index in [9.17, 15) is 0 Å². The van der Waals surface area contributed by atoms with E-state index in [0.717, 1.165) is 16.5 Å². The van der Waals surface area contributed by atoms with Crippen LogP contribution in [0.4, 0.5) is 0 Å². The van der Waals surface area contributed by atoms with E-state index in [2.05, 4.69) is 10.4 Å². The minimum absolute atomic E-state index is 0.483. The fourth-order valence-corrected chi connectivity index (χ4v) is 1.84. The average molecular weight is 239 g/mol. The van der Waals surface area contributed by atoms with Crippen LogP contribution in [-0.2, 0) is 6.61 Å². The molecule has 0 saturated heterocycles. The van der Waals surface area contributed by atoms with Crippen molar-refractivity contribution in [1.82, 2.24) is 4.98 Å². The molecule has 2 rings (SSSR count). The topological polar surface area (TPSA) is 22.1 Å². The van der Waals surface area contributed by atoms with E-state index >= 15 is 0 Å². The molecule has 4 heteroatoms. The smallest absolute Gasteiger partial charge is 0.140 e. The lowest BCUT2D eigenvalue weighted by molar-refractivity contribution is 0.305. The first kappa shape index (κ1) is 10.5.